The topological polar surface area (TPSA) is 72.7 Å². The fourth-order valence-electron chi connectivity index (χ4n) is 1.96. The van der Waals surface area contributed by atoms with Crippen molar-refractivity contribution < 1.29 is 14.5 Å². The average molecular weight is 280 g/mol. The lowest BCUT2D eigenvalue weighted by atomic mass is 10.1. The van der Waals surface area contributed by atoms with Crippen molar-refractivity contribution in [2.24, 2.45) is 0 Å². The molecule has 0 saturated heterocycles. The summed E-state index contributed by atoms with van der Waals surface area (Å²) < 4.78 is 4.91. The second-order valence-electron chi connectivity index (χ2n) is 4.48. The molecule has 0 bridgehead atoms. The van der Waals surface area contributed by atoms with Gasteiger partial charge in [-0.3, -0.25) is 14.9 Å². The molecular weight excluding hydrogens is 260 g/mol. The number of carbonyl (C=O) groups is 1. The first-order chi connectivity index (χ1) is 9.49. The summed E-state index contributed by atoms with van der Waals surface area (Å²) in [4.78, 5) is 24.0. The second kappa shape index (κ2) is 7.47. The Bertz CT molecular complexity index is 488. The van der Waals surface area contributed by atoms with Crippen LogP contribution in [0.3, 0.4) is 0 Å². The Hall–Kier alpha value is -2.11. The van der Waals surface area contributed by atoms with Crippen LogP contribution in [0.4, 0.5) is 11.4 Å². The molecule has 1 rings (SSSR count). The number of carbonyl (C=O) groups excluding carboxylic acids is 1. The largest absolute Gasteiger partial charge is 0.465 e. The number of nitrogens with zero attached hydrogens (tertiary/aromatic N) is 2. The van der Waals surface area contributed by atoms with Gasteiger partial charge in [0, 0.05) is 12.6 Å². The van der Waals surface area contributed by atoms with E-state index in [9.17, 15) is 14.9 Å². The van der Waals surface area contributed by atoms with Crippen molar-refractivity contribution in [2.75, 3.05) is 24.6 Å². The first-order valence-electron chi connectivity index (χ1n) is 6.65. The molecular formula is C14H20N2O4. The van der Waals surface area contributed by atoms with Crippen molar-refractivity contribution in [2.45, 2.75) is 27.2 Å². The van der Waals surface area contributed by atoms with Gasteiger partial charge >= 0.3 is 5.97 Å². The van der Waals surface area contributed by atoms with Crippen LogP contribution in [-0.2, 0) is 9.53 Å². The zero-order valence-electron chi connectivity index (χ0n) is 12.1. The SMILES string of the molecule is CCCN(CC(=O)OCC)c1ccc(C)cc1[N+](=O)[O-]. The van der Waals surface area contributed by atoms with Crippen LogP contribution in [0.15, 0.2) is 18.2 Å². The average Bonchev–Trinajstić information content (AvgIpc) is 2.38. The van der Waals surface area contributed by atoms with Gasteiger partial charge in [-0.1, -0.05) is 13.0 Å². The third-order valence-corrected chi connectivity index (χ3v) is 2.79. The van der Waals surface area contributed by atoms with Crippen molar-refractivity contribution in [1.82, 2.24) is 0 Å². The number of hydrogen-bond acceptors (Lipinski definition) is 5. The van der Waals surface area contributed by atoms with E-state index in [2.05, 4.69) is 0 Å². The van der Waals surface area contributed by atoms with Crippen LogP contribution >= 0.6 is 0 Å². The molecule has 0 aliphatic heterocycles. The van der Waals surface area contributed by atoms with Crippen LogP contribution < -0.4 is 4.90 Å². The summed E-state index contributed by atoms with van der Waals surface area (Å²) >= 11 is 0. The maximum atomic E-state index is 11.6. The lowest BCUT2D eigenvalue weighted by Gasteiger charge is -2.23. The highest BCUT2D eigenvalue weighted by Crippen LogP contribution is 2.29. The maximum Gasteiger partial charge on any atom is 0.325 e. The summed E-state index contributed by atoms with van der Waals surface area (Å²) in [5.41, 5.74) is 1.28. The number of ether oxygens (including phenoxy) is 1. The molecule has 0 amide bonds. The van der Waals surface area contributed by atoms with Crippen molar-refractivity contribution >= 4 is 17.3 Å². The number of hydrogen-bond donors (Lipinski definition) is 0. The molecule has 6 heteroatoms. The van der Waals surface area contributed by atoms with Crippen molar-refractivity contribution in [3.05, 3.63) is 33.9 Å². The Balaban J connectivity index is 3.07. The van der Waals surface area contributed by atoms with Crippen molar-refractivity contribution in [3.63, 3.8) is 0 Å². The molecule has 1 aromatic carbocycles. The number of aryl methyl sites for hydroxylation is 1. The molecule has 110 valence electrons. The number of esters is 1. The predicted octanol–water partition coefficient (Wildman–Crippen LogP) is 2.68. The zero-order valence-corrected chi connectivity index (χ0v) is 12.1. The molecule has 0 unspecified atom stereocenters. The van der Waals surface area contributed by atoms with Crippen LogP contribution in [0.5, 0.6) is 0 Å². The summed E-state index contributed by atoms with van der Waals surface area (Å²) in [6.07, 6.45) is 0.782. The van der Waals surface area contributed by atoms with Crippen molar-refractivity contribution in [1.29, 1.82) is 0 Å². The van der Waals surface area contributed by atoms with Gasteiger partial charge in [0.05, 0.1) is 11.5 Å². The van der Waals surface area contributed by atoms with E-state index >= 15 is 0 Å². The number of anilines is 1. The van der Waals surface area contributed by atoms with Crippen LogP contribution in [0, 0.1) is 17.0 Å². The van der Waals surface area contributed by atoms with Gasteiger partial charge in [-0.25, -0.2) is 0 Å². The predicted molar refractivity (Wildman–Crippen MR) is 77.0 cm³/mol. The third kappa shape index (κ3) is 4.22. The van der Waals surface area contributed by atoms with Crippen LogP contribution in [-0.4, -0.2) is 30.6 Å². The number of nitro benzene ring substituents is 1. The Morgan fingerprint density at radius 2 is 2.10 bits per heavy atom. The van der Waals surface area contributed by atoms with E-state index in [1.165, 1.54) is 6.07 Å². The Morgan fingerprint density at radius 1 is 1.40 bits per heavy atom. The molecule has 0 spiro atoms. The third-order valence-electron chi connectivity index (χ3n) is 2.79. The highest BCUT2D eigenvalue weighted by atomic mass is 16.6. The van der Waals surface area contributed by atoms with E-state index in [0.29, 0.717) is 18.8 Å². The summed E-state index contributed by atoms with van der Waals surface area (Å²) in [7, 11) is 0. The molecule has 0 N–H and O–H groups in total. The molecule has 0 heterocycles. The first kappa shape index (κ1) is 15.9. The van der Waals surface area contributed by atoms with Crippen LogP contribution in [0.1, 0.15) is 25.8 Å². The van der Waals surface area contributed by atoms with Gasteiger partial charge in [-0.2, -0.15) is 0 Å². The van der Waals surface area contributed by atoms with Crippen molar-refractivity contribution in [3.8, 4) is 0 Å². The molecule has 0 saturated carbocycles. The molecule has 0 atom stereocenters. The Kier molecular flexibility index (Phi) is 5.96. The molecule has 0 aromatic heterocycles. The molecule has 6 nitrogen and oxygen atoms in total. The van der Waals surface area contributed by atoms with Crippen LogP contribution in [0.2, 0.25) is 0 Å². The van der Waals surface area contributed by atoms with E-state index < -0.39 is 4.92 Å². The zero-order chi connectivity index (χ0) is 15.1. The van der Waals surface area contributed by atoms with E-state index in [0.717, 1.165) is 12.0 Å². The molecule has 0 aliphatic carbocycles. The van der Waals surface area contributed by atoms with E-state index in [1.54, 1.807) is 30.9 Å². The van der Waals surface area contributed by atoms with E-state index in [4.69, 9.17) is 4.74 Å². The molecule has 0 aliphatic rings. The molecule has 0 fully saturated rings. The summed E-state index contributed by atoms with van der Waals surface area (Å²) in [6.45, 7) is 6.37. The monoisotopic (exact) mass is 280 g/mol. The van der Waals surface area contributed by atoms with E-state index in [1.807, 2.05) is 6.92 Å². The van der Waals surface area contributed by atoms with Gasteiger partial charge in [0.25, 0.3) is 5.69 Å². The van der Waals surface area contributed by atoms with Gasteiger partial charge < -0.3 is 9.64 Å². The Labute approximate surface area is 118 Å². The number of benzene rings is 1. The lowest BCUT2D eigenvalue weighted by molar-refractivity contribution is -0.384. The van der Waals surface area contributed by atoms with Crippen LogP contribution in [0.25, 0.3) is 0 Å². The van der Waals surface area contributed by atoms with E-state index in [-0.39, 0.29) is 18.2 Å². The van der Waals surface area contributed by atoms with Gasteiger partial charge in [-0.15, -0.1) is 0 Å². The highest BCUT2D eigenvalue weighted by molar-refractivity contribution is 5.78. The highest BCUT2D eigenvalue weighted by Gasteiger charge is 2.21. The quantitative estimate of drug-likeness (QED) is 0.436. The fourth-order valence-corrected chi connectivity index (χ4v) is 1.96. The standard InChI is InChI=1S/C14H20N2O4/c1-4-8-15(10-14(17)20-5-2)12-7-6-11(3)9-13(12)16(18)19/h6-7,9H,4-5,8,10H2,1-3H3. The fraction of sp³-hybridized carbons (Fsp3) is 0.500. The van der Waals surface area contributed by atoms with Gasteiger partial charge in [0.1, 0.15) is 12.2 Å². The lowest BCUT2D eigenvalue weighted by Crippen LogP contribution is -2.32. The number of nitro groups is 1. The minimum Gasteiger partial charge on any atom is -0.465 e. The smallest absolute Gasteiger partial charge is 0.325 e. The second-order valence-corrected chi connectivity index (χ2v) is 4.48. The minimum atomic E-state index is -0.420. The molecule has 1 aromatic rings. The number of rotatable bonds is 7. The maximum absolute atomic E-state index is 11.6. The van der Waals surface area contributed by atoms with Gasteiger partial charge in [-0.05, 0) is 31.9 Å². The minimum absolute atomic E-state index is 0.0164. The summed E-state index contributed by atoms with van der Waals surface area (Å²) in [5, 5.41) is 11.2. The Morgan fingerprint density at radius 3 is 2.65 bits per heavy atom. The van der Waals surface area contributed by atoms with Gasteiger partial charge in [0.15, 0.2) is 0 Å². The molecule has 0 radical (unpaired) electrons. The summed E-state index contributed by atoms with van der Waals surface area (Å²) in [6, 6.07) is 5.00. The first-order valence-corrected chi connectivity index (χ1v) is 6.65. The van der Waals surface area contributed by atoms with Gasteiger partial charge in [0.2, 0.25) is 0 Å². The summed E-state index contributed by atoms with van der Waals surface area (Å²) in [5.74, 6) is -0.379. The normalized spacial score (nSPS) is 10.2. The molecule has 20 heavy (non-hydrogen) atoms.